The fraction of sp³-hybridized carbons (Fsp3) is 0.619. The Morgan fingerprint density at radius 1 is 1.24 bits per heavy atom. The van der Waals surface area contributed by atoms with Gasteiger partial charge >= 0.3 is 0 Å². The maximum Gasteiger partial charge on any atom is 0.260 e. The van der Waals surface area contributed by atoms with Gasteiger partial charge < -0.3 is 14.4 Å². The van der Waals surface area contributed by atoms with Crippen LogP contribution in [0.3, 0.4) is 0 Å². The monoisotopic (exact) mass is 424 g/mol. The van der Waals surface area contributed by atoms with Gasteiger partial charge in [0, 0.05) is 34.1 Å². The summed E-state index contributed by atoms with van der Waals surface area (Å²) in [4.78, 5) is 14.7. The molecule has 1 saturated heterocycles. The van der Waals surface area contributed by atoms with Crippen molar-refractivity contribution in [2.24, 2.45) is 0 Å². The summed E-state index contributed by atoms with van der Waals surface area (Å²) in [7, 11) is -2.40. The van der Waals surface area contributed by atoms with E-state index in [1.807, 2.05) is 0 Å². The fourth-order valence-electron chi connectivity index (χ4n) is 4.84. The smallest absolute Gasteiger partial charge is 0.260 e. The third-order valence-electron chi connectivity index (χ3n) is 6.22. The Balaban J connectivity index is 1.61. The Kier molecular flexibility index (Phi) is 5.86. The van der Waals surface area contributed by atoms with E-state index in [4.69, 9.17) is 9.47 Å². The molecule has 1 aromatic rings. The average Bonchev–Trinajstić information content (AvgIpc) is 3.05. The summed E-state index contributed by atoms with van der Waals surface area (Å²) in [5.41, 5.74) is 0.582. The summed E-state index contributed by atoms with van der Waals surface area (Å²) >= 11 is 0. The molecule has 160 valence electrons. The van der Waals surface area contributed by atoms with E-state index >= 15 is 0 Å². The summed E-state index contributed by atoms with van der Waals surface area (Å²) in [5, 5.41) is 0. The molecule has 1 aliphatic carbocycles. The number of benzene rings is 1. The first kappa shape index (κ1) is 20.6. The largest absolute Gasteiger partial charge is 0.483 e. The number of carbonyl (C=O) groups is 1. The summed E-state index contributed by atoms with van der Waals surface area (Å²) in [6, 6.07) is 4.46. The maximum atomic E-state index is 14.6. The van der Waals surface area contributed by atoms with Crippen molar-refractivity contribution in [3.8, 4) is 5.75 Å². The molecule has 6 nitrogen and oxygen atoms in total. The van der Waals surface area contributed by atoms with Crippen molar-refractivity contribution in [1.82, 2.24) is 9.62 Å². The number of carbonyl (C=O) groups excluding carboxylic acids is 1. The fourth-order valence-corrected chi connectivity index (χ4v) is 5.76. The number of amides is 1. The summed E-state index contributed by atoms with van der Waals surface area (Å²) < 4.78 is 41.9. The van der Waals surface area contributed by atoms with E-state index in [1.54, 1.807) is 23.3 Å². The van der Waals surface area contributed by atoms with Crippen molar-refractivity contribution in [2.75, 3.05) is 26.0 Å². The van der Waals surface area contributed by atoms with Crippen LogP contribution in [0.15, 0.2) is 18.2 Å². The van der Waals surface area contributed by atoms with Gasteiger partial charge in [-0.25, -0.2) is 9.11 Å². The molecule has 4 aliphatic rings. The average molecular weight is 425 g/mol. The molecule has 2 fully saturated rings. The molecular weight excluding hydrogens is 395 g/mol. The number of rotatable bonds is 2. The maximum absolute atomic E-state index is 14.6. The second-order valence-corrected chi connectivity index (χ2v) is 10.7. The van der Waals surface area contributed by atoms with E-state index in [0.29, 0.717) is 30.9 Å². The topological polar surface area (TPSA) is 67.9 Å². The van der Waals surface area contributed by atoms with Crippen LogP contribution < -0.4 is 9.46 Å². The van der Waals surface area contributed by atoms with Gasteiger partial charge in [-0.1, -0.05) is 6.07 Å². The zero-order valence-electron chi connectivity index (χ0n) is 16.8. The van der Waals surface area contributed by atoms with E-state index < -0.39 is 9.71 Å². The Labute approximate surface area is 171 Å². The predicted octanol–water partition coefficient (Wildman–Crippen LogP) is 2.08. The molecule has 0 radical (unpaired) electrons. The van der Waals surface area contributed by atoms with Crippen molar-refractivity contribution in [3.05, 3.63) is 29.6 Å². The first-order valence-corrected chi connectivity index (χ1v) is 12.4. The summed E-state index contributed by atoms with van der Waals surface area (Å²) in [5.74, 6) is 3.78. The molecule has 2 bridgehead atoms. The van der Waals surface area contributed by atoms with Crippen LogP contribution in [0.25, 0.3) is 0 Å². The quantitative estimate of drug-likeness (QED) is 0.739. The number of nitrogens with one attached hydrogen (secondary N) is 1. The van der Waals surface area contributed by atoms with Crippen LogP contribution in [0.2, 0.25) is 0 Å². The molecule has 3 heterocycles. The molecule has 0 spiro atoms. The van der Waals surface area contributed by atoms with E-state index in [9.17, 15) is 13.4 Å². The van der Waals surface area contributed by atoms with Crippen LogP contribution in [0.4, 0.5) is 4.39 Å². The highest BCUT2D eigenvalue weighted by Gasteiger charge is 2.39. The number of hydrogen-bond acceptors (Lipinski definition) is 4. The SMILES string of the molecule is C=S(C)(=O)N[C@H]1CCN2C(=O)COc3cccc(F)c3C3CCC(CC3)OC[C@@H]12. The lowest BCUT2D eigenvalue weighted by atomic mass is 9.82. The Hall–Kier alpha value is -1.64. The van der Waals surface area contributed by atoms with Gasteiger partial charge in [0.25, 0.3) is 5.91 Å². The van der Waals surface area contributed by atoms with Crippen LogP contribution in [0.5, 0.6) is 5.75 Å². The second-order valence-electron chi connectivity index (χ2n) is 8.42. The van der Waals surface area contributed by atoms with Crippen LogP contribution in [0.1, 0.15) is 43.6 Å². The lowest BCUT2D eigenvalue weighted by molar-refractivity contribution is -0.136. The van der Waals surface area contributed by atoms with E-state index in [1.165, 1.54) is 6.07 Å². The Morgan fingerprint density at radius 2 is 2.00 bits per heavy atom. The van der Waals surface area contributed by atoms with E-state index in [-0.39, 0.29) is 42.4 Å². The van der Waals surface area contributed by atoms with Gasteiger partial charge in [-0.3, -0.25) is 9.00 Å². The zero-order chi connectivity index (χ0) is 20.6. The van der Waals surface area contributed by atoms with Gasteiger partial charge in [-0.2, -0.15) is 0 Å². The van der Waals surface area contributed by atoms with Crippen molar-refractivity contribution in [3.63, 3.8) is 0 Å². The molecule has 3 atom stereocenters. The molecule has 29 heavy (non-hydrogen) atoms. The Bertz CT molecular complexity index is 867. The van der Waals surface area contributed by atoms with E-state index in [2.05, 4.69) is 10.6 Å². The molecular formula is C21H29FN2O4S. The molecule has 1 unspecified atom stereocenters. The Morgan fingerprint density at radius 3 is 2.72 bits per heavy atom. The normalized spacial score (nSPS) is 32.2. The van der Waals surface area contributed by atoms with Crippen LogP contribution in [-0.2, 0) is 19.2 Å². The molecule has 3 aliphatic heterocycles. The van der Waals surface area contributed by atoms with Gasteiger partial charge in [-0.15, -0.1) is 0 Å². The third kappa shape index (κ3) is 4.59. The minimum atomic E-state index is -2.40. The molecule has 5 rings (SSSR count). The molecule has 1 aromatic carbocycles. The lowest BCUT2D eigenvalue weighted by Crippen LogP contribution is -2.50. The van der Waals surface area contributed by atoms with Crippen LogP contribution >= 0.6 is 0 Å². The van der Waals surface area contributed by atoms with Crippen molar-refractivity contribution < 1.29 is 22.9 Å². The number of hydrogen-bond donors (Lipinski definition) is 1. The lowest BCUT2D eigenvalue weighted by Gasteiger charge is -2.32. The second kappa shape index (κ2) is 8.24. The standard InChI is InChI=1S/C21H29FN2O4S/c1-29(2,26)23-17-10-11-24-18(17)12-27-15-8-6-14(7-9-15)21-16(22)4-3-5-19(21)28-13-20(24)25/h3-5,14-15,17-18H,1,6-13H2,2H3,(H,23,26)/t14?,15?,17-,18-,29?/m0/s1. The molecule has 1 N–H and O–H groups in total. The number of fused-ring (bicyclic) bond motifs is 5. The minimum Gasteiger partial charge on any atom is -0.483 e. The van der Waals surface area contributed by atoms with Crippen LogP contribution in [0, 0.1) is 5.82 Å². The molecule has 8 heteroatoms. The van der Waals surface area contributed by atoms with Crippen molar-refractivity contribution in [2.45, 2.75) is 56.2 Å². The number of nitrogens with zero attached hydrogens (tertiary/aromatic N) is 1. The van der Waals surface area contributed by atoms with Gasteiger partial charge in [0.2, 0.25) is 0 Å². The third-order valence-corrected chi connectivity index (χ3v) is 7.02. The highest BCUT2D eigenvalue weighted by atomic mass is 32.2. The molecule has 1 saturated carbocycles. The van der Waals surface area contributed by atoms with Crippen molar-refractivity contribution in [1.29, 1.82) is 0 Å². The first-order chi connectivity index (χ1) is 13.8. The van der Waals surface area contributed by atoms with E-state index in [0.717, 1.165) is 25.7 Å². The number of halogens is 1. The minimum absolute atomic E-state index is 0.0760. The highest BCUT2D eigenvalue weighted by Crippen LogP contribution is 2.40. The number of ether oxygens (including phenoxy) is 2. The molecule has 0 aromatic heterocycles. The van der Waals surface area contributed by atoms with Gasteiger partial charge in [0.15, 0.2) is 6.61 Å². The molecule has 1 amide bonds. The van der Waals surface area contributed by atoms with Gasteiger partial charge in [0.1, 0.15) is 11.6 Å². The predicted molar refractivity (Wildman–Crippen MR) is 111 cm³/mol. The zero-order valence-corrected chi connectivity index (χ0v) is 17.6. The highest BCUT2D eigenvalue weighted by molar-refractivity contribution is 7.97. The van der Waals surface area contributed by atoms with Gasteiger partial charge in [-0.05, 0) is 56.0 Å². The van der Waals surface area contributed by atoms with Crippen LogP contribution in [-0.4, -0.2) is 65.1 Å². The van der Waals surface area contributed by atoms with Crippen molar-refractivity contribution >= 4 is 21.5 Å². The summed E-state index contributed by atoms with van der Waals surface area (Å²) in [6.07, 6.45) is 5.67. The first-order valence-electron chi connectivity index (χ1n) is 10.2. The summed E-state index contributed by atoms with van der Waals surface area (Å²) in [6.45, 7) is 0.768. The van der Waals surface area contributed by atoms with Gasteiger partial charge in [0.05, 0.1) is 18.8 Å².